The maximum Gasteiger partial charge on any atom is 0.225 e. The number of aromatic nitrogens is 3. The molecule has 0 aliphatic carbocycles. The molecule has 5 nitrogen and oxygen atoms in total. The lowest BCUT2D eigenvalue weighted by Gasteiger charge is -2.03. The molecule has 2 N–H and O–H groups in total. The van der Waals surface area contributed by atoms with E-state index in [9.17, 15) is 9.18 Å². The number of benzene rings is 1. The van der Waals surface area contributed by atoms with Gasteiger partial charge in [-0.25, -0.2) is 4.39 Å². The molecule has 0 aliphatic heterocycles. The lowest BCUT2D eigenvalue weighted by molar-refractivity contribution is -0.116. The van der Waals surface area contributed by atoms with Crippen LogP contribution in [-0.2, 0) is 11.2 Å². The number of nitrogens with zero attached hydrogens (tertiary/aromatic N) is 2. The Morgan fingerprint density at radius 1 is 1.28 bits per heavy atom. The molecule has 0 radical (unpaired) electrons. The third kappa shape index (κ3) is 4.43. The first-order valence-electron chi connectivity index (χ1n) is 7.42. The molecule has 0 atom stereocenters. The van der Waals surface area contributed by atoms with Gasteiger partial charge in [-0.3, -0.25) is 14.9 Å². The highest BCUT2D eigenvalue weighted by atomic mass is 79.9. The molecule has 2 aromatic heterocycles. The van der Waals surface area contributed by atoms with Crippen molar-refractivity contribution < 1.29 is 9.18 Å². The molecule has 0 spiro atoms. The molecule has 0 saturated carbocycles. The smallest absolute Gasteiger partial charge is 0.225 e. The molecule has 0 unspecified atom stereocenters. The zero-order valence-corrected chi connectivity index (χ0v) is 15.2. The minimum Gasteiger partial charge on any atom is -0.309 e. The van der Waals surface area contributed by atoms with Crippen LogP contribution in [0.3, 0.4) is 0 Å². The second-order valence-corrected chi connectivity index (χ2v) is 6.61. The number of rotatable bonds is 5. The minimum atomic E-state index is -0.487. The van der Waals surface area contributed by atoms with Crippen molar-refractivity contribution in [3.8, 4) is 11.3 Å². The number of nitrogens with one attached hydrogen (secondary N) is 2. The number of carbonyl (C=O) groups is 1. The van der Waals surface area contributed by atoms with E-state index >= 15 is 0 Å². The van der Waals surface area contributed by atoms with Crippen LogP contribution in [0.2, 0.25) is 5.02 Å². The molecule has 1 aromatic carbocycles. The first-order valence-corrected chi connectivity index (χ1v) is 8.59. The summed E-state index contributed by atoms with van der Waals surface area (Å²) in [6.45, 7) is 0. The summed E-state index contributed by atoms with van der Waals surface area (Å²) < 4.78 is 14.4. The summed E-state index contributed by atoms with van der Waals surface area (Å²) in [7, 11) is 0. The fourth-order valence-electron chi connectivity index (χ4n) is 2.30. The number of hydrogen-bond donors (Lipinski definition) is 2. The summed E-state index contributed by atoms with van der Waals surface area (Å²) in [5.74, 6) is -0.333. The van der Waals surface area contributed by atoms with Gasteiger partial charge >= 0.3 is 0 Å². The lowest BCUT2D eigenvalue weighted by Crippen LogP contribution is -2.12. The summed E-state index contributed by atoms with van der Waals surface area (Å²) in [4.78, 5) is 15.8. The summed E-state index contributed by atoms with van der Waals surface area (Å²) in [6, 6.07) is 8.91. The number of amides is 1. The number of pyridine rings is 1. The van der Waals surface area contributed by atoms with Crippen molar-refractivity contribution in [1.82, 2.24) is 15.2 Å². The predicted octanol–water partition coefficient (Wildman–Crippen LogP) is 4.60. The quantitative estimate of drug-likeness (QED) is 0.630. The summed E-state index contributed by atoms with van der Waals surface area (Å²) >= 11 is 9.08. The highest BCUT2D eigenvalue weighted by molar-refractivity contribution is 9.10. The van der Waals surface area contributed by atoms with Crippen molar-refractivity contribution >= 4 is 39.3 Å². The van der Waals surface area contributed by atoms with Crippen molar-refractivity contribution in [2.75, 3.05) is 5.32 Å². The van der Waals surface area contributed by atoms with E-state index in [0.29, 0.717) is 39.4 Å². The average molecular weight is 424 g/mol. The van der Waals surface area contributed by atoms with E-state index in [0.717, 1.165) is 11.8 Å². The van der Waals surface area contributed by atoms with Crippen LogP contribution in [0, 0.1) is 5.82 Å². The van der Waals surface area contributed by atoms with E-state index in [1.807, 2.05) is 12.1 Å². The number of halogens is 3. The number of aromatic amines is 1. The van der Waals surface area contributed by atoms with Gasteiger partial charge in [0.05, 0.1) is 17.5 Å². The number of hydrogen-bond acceptors (Lipinski definition) is 3. The molecule has 128 valence electrons. The summed E-state index contributed by atoms with van der Waals surface area (Å²) in [6.07, 6.45) is 3.50. The fourth-order valence-corrected chi connectivity index (χ4v) is 2.94. The highest BCUT2D eigenvalue weighted by Crippen LogP contribution is 2.29. The largest absolute Gasteiger partial charge is 0.309 e. The Balaban J connectivity index is 1.63. The lowest BCUT2D eigenvalue weighted by atomic mass is 10.1. The van der Waals surface area contributed by atoms with Gasteiger partial charge in [0.1, 0.15) is 0 Å². The van der Waals surface area contributed by atoms with Crippen molar-refractivity contribution in [2.45, 2.75) is 12.8 Å². The van der Waals surface area contributed by atoms with E-state index in [4.69, 9.17) is 11.6 Å². The van der Waals surface area contributed by atoms with Crippen molar-refractivity contribution in [3.63, 3.8) is 0 Å². The molecule has 3 rings (SSSR count). The van der Waals surface area contributed by atoms with Gasteiger partial charge in [-0.05, 0) is 40.0 Å². The van der Waals surface area contributed by atoms with E-state index in [2.05, 4.69) is 36.4 Å². The van der Waals surface area contributed by atoms with Gasteiger partial charge < -0.3 is 5.32 Å². The van der Waals surface area contributed by atoms with Crippen LogP contribution < -0.4 is 5.32 Å². The molecule has 3 aromatic rings. The van der Waals surface area contributed by atoms with Gasteiger partial charge in [0, 0.05) is 28.2 Å². The first kappa shape index (κ1) is 17.6. The van der Waals surface area contributed by atoms with Crippen molar-refractivity contribution in [3.05, 3.63) is 63.6 Å². The predicted molar refractivity (Wildman–Crippen MR) is 97.9 cm³/mol. The highest BCUT2D eigenvalue weighted by Gasteiger charge is 2.14. The first-order chi connectivity index (χ1) is 12.0. The van der Waals surface area contributed by atoms with E-state index < -0.39 is 5.82 Å². The maximum atomic E-state index is 13.9. The van der Waals surface area contributed by atoms with Gasteiger partial charge in [-0.2, -0.15) is 5.10 Å². The Labute approximate surface area is 156 Å². The molecular formula is C17H13BrClFN4O. The molecule has 25 heavy (non-hydrogen) atoms. The molecule has 1 amide bonds. The number of carbonyl (C=O) groups excluding carboxylic acids is 1. The van der Waals surface area contributed by atoms with Crippen LogP contribution in [-0.4, -0.2) is 21.1 Å². The van der Waals surface area contributed by atoms with Crippen LogP contribution in [0.15, 0.2) is 47.2 Å². The maximum absolute atomic E-state index is 13.9. The molecule has 0 aliphatic rings. The summed E-state index contributed by atoms with van der Waals surface area (Å²) in [5.41, 5.74) is 1.77. The van der Waals surface area contributed by atoms with Gasteiger partial charge in [0.25, 0.3) is 0 Å². The normalized spacial score (nSPS) is 10.7. The summed E-state index contributed by atoms with van der Waals surface area (Å²) in [5, 5.41) is 10.1. The number of aryl methyl sites for hydroxylation is 1. The average Bonchev–Trinajstić information content (AvgIpc) is 3.02. The zero-order valence-electron chi connectivity index (χ0n) is 12.9. The van der Waals surface area contributed by atoms with Crippen molar-refractivity contribution in [1.29, 1.82) is 0 Å². The van der Waals surface area contributed by atoms with Gasteiger partial charge in [-0.1, -0.05) is 23.7 Å². The number of anilines is 1. The third-order valence-corrected chi connectivity index (χ3v) is 4.38. The topological polar surface area (TPSA) is 70.7 Å². The molecule has 0 fully saturated rings. The zero-order chi connectivity index (χ0) is 17.8. The van der Waals surface area contributed by atoms with Gasteiger partial charge in [0.15, 0.2) is 11.6 Å². The number of H-pyrrole nitrogens is 1. The second kappa shape index (κ2) is 7.76. The van der Waals surface area contributed by atoms with Crippen LogP contribution in [0.4, 0.5) is 10.2 Å². The Bertz CT molecular complexity index is 878. The van der Waals surface area contributed by atoms with Crippen LogP contribution in [0.1, 0.15) is 12.0 Å². The minimum absolute atomic E-state index is 0.178. The molecular weight excluding hydrogens is 411 g/mol. The molecule has 8 heteroatoms. The third-order valence-electron chi connectivity index (χ3n) is 3.52. The Morgan fingerprint density at radius 2 is 2.04 bits per heavy atom. The van der Waals surface area contributed by atoms with Gasteiger partial charge in [0.2, 0.25) is 5.91 Å². The second-order valence-electron chi connectivity index (χ2n) is 5.32. The molecule has 0 saturated heterocycles. The fraction of sp³-hybridized carbons (Fsp3) is 0.118. The van der Waals surface area contributed by atoms with Crippen molar-refractivity contribution in [2.24, 2.45) is 0 Å². The SMILES string of the molecule is O=C(CCc1ccc(Cl)cc1)Nc1cc(-c2c(F)cncc2Br)[nH]n1. The van der Waals surface area contributed by atoms with E-state index in [1.54, 1.807) is 18.2 Å². The molecule has 2 heterocycles. The Kier molecular flexibility index (Phi) is 5.45. The van der Waals surface area contributed by atoms with E-state index in [1.165, 1.54) is 6.20 Å². The van der Waals surface area contributed by atoms with Crippen LogP contribution >= 0.6 is 27.5 Å². The van der Waals surface area contributed by atoms with Gasteiger partial charge in [-0.15, -0.1) is 0 Å². The standard InChI is InChI=1S/C17H13BrClFN4O/c18-12-8-21-9-13(20)17(12)14-7-15(24-23-14)22-16(25)6-3-10-1-4-11(19)5-2-10/h1-2,4-5,7-9H,3,6H2,(H2,22,23,24,25). The Morgan fingerprint density at radius 3 is 2.76 bits per heavy atom. The van der Waals surface area contributed by atoms with Crippen LogP contribution in [0.25, 0.3) is 11.3 Å². The monoisotopic (exact) mass is 422 g/mol. The Hall–Kier alpha value is -2.25. The van der Waals surface area contributed by atoms with Crippen LogP contribution in [0.5, 0.6) is 0 Å². The molecule has 0 bridgehead atoms. The van der Waals surface area contributed by atoms with E-state index in [-0.39, 0.29) is 5.91 Å².